The Balaban J connectivity index is 2.04. The van der Waals surface area contributed by atoms with Crippen LogP contribution in [0.4, 0.5) is 11.4 Å². The fourth-order valence-electron chi connectivity index (χ4n) is 2.47. The number of amides is 1. The van der Waals surface area contributed by atoms with E-state index in [-0.39, 0.29) is 5.91 Å². The van der Waals surface area contributed by atoms with Gasteiger partial charge in [-0.2, -0.15) is 0 Å². The van der Waals surface area contributed by atoms with Crippen molar-refractivity contribution in [2.45, 2.75) is 13.3 Å². The van der Waals surface area contributed by atoms with Crippen LogP contribution in [-0.4, -0.2) is 5.91 Å². The quantitative estimate of drug-likeness (QED) is 0.783. The van der Waals surface area contributed by atoms with Gasteiger partial charge in [0.05, 0.1) is 12.1 Å². The van der Waals surface area contributed by atoms with E-state index in [2.05, 4.69) is 0 Å². The Hall–Kier alpha value is -2.80. The van der Waals surface area contributed by atoms with Gasteiger partial charge in [-0.1, -0.05) is 18.2 Å². The number of nitriles is 1. The minimum absolute atomic E-state index is 0.0551. The molecule has 1 amide bonds. The molecule has 0 fully saturated rings. The molecular formula is C16H12N2O2. The van der Waals surface area contributed by atoms with Crippen molar-refractivity contribution in [1.82, 2.24) is 0 Å². The Labute approximate surface area is 116 Å². The van der Waals surface area contributed by atoms with Crippen LogP contribution in [-0.2, 0) is 11.2 Å². The molecular weight excluding hydrogens is 252 g/mol. The molecule has 4 nitrogen and oxygen atoms in total. The van der Waals surface area contributed by atoms with Crippen molar-refractivity contribution >= 4 is 17.3 Å². The maximum atomic E-state index is 12.2. The predicted molar refractivity (Wildman–Crippen MR) is 74.7 cm³/mol. The fraction of sp³-hybridized carbons (Fsp3) is 0.125. The zero-order chi connectivity index (χ0) is 14.1. The molecule has 0 aromatic heterocycles. The summed E-state index contributed by atoms with van der Waals surface area (Å²) in [6.07, 6.45) is 2.08. The van der Waals surface area contributed by atoms with Crippen molar-refractivity contribution in [1.29, 1.82) is 5.26 Å². The van der Waals surface area contributed by atoms with Crippen molar-refractivity contribution < 1.29 is 9.53 Å². The smallest absolute Gasteiger partial charge is 0.292 e. The molecule has 20 heavy (non-hydrogen) atoms. The van der Waals surface area contributed by atoms with E-state index in [0.717, 1.165) is 22.5 Å². The first-order valence-corrected chi connectivity index (χ1v) is 6.28. The maximum Gasteiger partial charge on any atom is 0.292 e. The van der Waals surface area contributed by atoms with Crippen molar-refractivity contribution in [3.05, 3.63) is 53.6 Å². The first-order valence-electron chi connectivity index (χ1n) is 6.28. The van der Waals surface area contributed by atoms with Crippen molar-refractivity contribution in [2.75, 3.05) is 4.90 Å². The Morgan fingerprint density at radius 2 is 2.05 bits per heavy atom. The van der Waals surface area contributed by atoms with Gasteiger partial charge in [0, 0.05) is 5.69 Å². The van der Waals surface area contributed by atoms with Crippen LogP contribution in [0, 0.1) is 18.4 Å². The number of anilines is 2. The van der Waals surface area contributed by atoms with Crippen LogP contribution in [0.15, 0.2) is 42.5 Å². The molecule has 2 aromatic rings. The Bertz CT molecular complexity index is 731. The predicted octanol–water partition coefficient (Wildman–Crippen LogP) is 3.08. The van der Waals surface area contributed by atoms with E-state index in [4.69, 9.17) is 10.00 Å². The minimum Gasteiger partial charge on any atom is -0.388 e. The van der Waals surface area contributed by atoms with Gasteiger partial charge in [0.25, 0.3) is 6.26 Å². The molecule has 0 aliphatic carbocycles. The summed E-state index contributed by atoms with van der Waals surface area (Å²) in [7, 11) is 0. The van der Waals surface area contributed by atoms with Gasteiger partial charge in [0.15, 0.2) is 0 Å². The summed E-state index contributed by atoms with van der Waals surface area (Å²) in [5, 5.41) is 8.56. The van der Waals surface area contributed by atoms with Gasteiger partial charge in [0.1, 0.15) is 5.75 Å². The van der Waals surface area contributed by atoms with Crippen LogP contribution in [0.3, 0.4) is 0 Å². The molecule has 0 radical (unpaired) electrons. The number of aryl methyl sites for hydroxylation is 1. The summed E-state index contributed by atoms with van der Waals surface area (Å²) in [5.41, 5.74) is 3.57. The van der Waals surface area contributed by atoms with Gasteiger partial charge in [-0.05, 0) is 42.3 Å². The van der Waals surface area contributed by atoms with E-state index < -0.39 is 0 Å². The molecule has 0 N–H and O–H groups in total. The number of ether oxygens (including phenoxy) is 1. The molecule has 0 unspecified atom stereocenters. The molecule has 0 spiro atoms. The number of para-hydroxylation sites is 1. The Morgan fingerprint density at radius 3 is 2.80 bits per heavy atom. The zero-order valence-electron chi connectivity index (χ0n) is 11.0. The molecule has 1 heterocycles. The number of carbonyl (C=O) groups excluding carboxylic acids is 1. The summed E-state index contributed by atoms with van der Waals surface area (Å²) in [4.78, 5) is 13.9. The van der Waals surface area contributed by atoms with E-state index in [1.165, 1.54) is 0 Å². The summed E-state index contributed by atoms with van der Waals surface area (Å²) < 4.78 is 4.85. The van der Waals surface area contributed by atoms with Gasteiger partial charge < -0.3 is 4.74 Å². The number of hydrogen-bond donors (Lipinski definition) is 0. The number of nitrogens with zero attached hydrogens (tertiary/aromatic N) is 2. The molecule has 0 atom stereocenters. The van der Waals surface area contributed by atoms with E-state index in [9.17, 15) is 4.79 Å². The summed E-state index contributed by atoms with van der Waals surface area (Å²) in [6.45, 7) is 1.85. The third-order valence-electron chi connectivity index (χ3n) is 3.40. The van der Waals surface area contributed by atoms with Gasteiger partial charge in [-0.3, -0.25) is 9.69 Å². The monoisotopic (exact) mass is 264 g/mol. The highest BCUT2D eigenvalue weighted by Crippen LogP contribution is 2.36. The second-order valence-electron chi connectivity index (χ2n) is 4.68. The average molecular weight is 264 g/mol. The summed E-state index contributed by atoms with van der Waals surface area (Å²) >= 11 is 0. The maximum absolute atomic E-state index is 12.2. The Morgan fingerprint density at radius 1 is 1.25 bits per heavy atom. The van der Waals surface area contributed by atoms with Gasteiger partial charge in [-0.15, -0.1) is 5.26 Å². The largest absolute Gasteiger partial charge is 0.388 e. The standard InChI is InChI=1S/C16H12N2O2/c1-11-8-13(6-7-15(11)20-10-17)18-14-5-3-2-4-12(14)9-16(18)19/h2-8H,9H2,1H3. The normalized spacial score (nSPS) is 13.0. The Kier molecular flexibility index (Phi) is 2.88. The molecule has 0 saturated heterocycles. The number of fused-ring (bicyclic) bond motifs is 1. The first kappa shape index (κ1) is 12.2. The van der Waals surface area contributed by atoms with Gasteiger partial charge >= 0.3 is 0 Å². The van der Waals surface area contributed by atoms with Crippen molar-refractivity contribution in [3.8, 4) is 12.0 Å². The summed E-state index contributed by atoms with van der Waals surface area (Å²) in [5.74, 6) is 0.565. The van der Waals surface area contributed by atoms with Crippen LogP contribution in [0.2, 0.25) is 0 Å². The second-order valence-corrected chi connectivity index (χ2v) is 4.68. The topological polar surface area (TPSA) is 53.3 Å². The fourth-order valence-corrected chi connectivity index (χ4v) is 2.47. The summed E-state index contributed by atoms with van der Waals surface area (Å²) in [6, 6.07) is 13.1. The molecule has 98 valence electrons. The van der Waals surface area contributed by atoms with Crippen LogP contribution in [0.5, 0.6) is 5.75 Å². The number of hydrogen-bond acceptors (Lipinski definition) is 3. The molecule has 4 heteroatoms. The number of benzene rings is 2. The van der Waals surface area contributed by atoms with Crippen molar-refractivity contribution in [2.24, 2.45) is 0 Å². The molecule has 0 saturated carbocycles. The molecule has 2 aromatic carbocycles. The van der Waals surface area contributed by atoms with Gasteiger partial charge in [-0.25, -0.2) is 0 Å². The van der Waals surface area contributed by atoms with E-state index in [1.54, 1.807) is 23.3 Å². The van der Waals surface area contributed by atoms with Crippen LogP contribution < -0.4 is 9.64 Å². The molecule has 0 bridgehead atoms. The second kappa shape index (κ2) is 4.71. The van der Waals surface area contributed by atoms with Gasteiger partial charge in [0.2, 0.25) is 5.91 Å². The highest BCUT2D eigenvalue weighted by molar-refractivity contribution is 6.07. The molecule has 1 aliphatic rings. The third kappa shape index (κ3) is 1.90. The van der Waals surface area contributed by atoms with Crippen LogP contribution >= 0.6 is 0 Å². The number of carbonyl (C=O) groups is 1. The molecule has 3 rings (SSSR count). The van der Waals surface area contributed by atoms with Crippen LogP contribution in [0.25, 0.3) is 0 Å². The zero-order valence-corrected chi connectivity index (χ0v) is 11.0. The van der Waals surface area contributed by atoms with Crippen molar-refractivity contribution in [3.63, 3.8) is 0 Å². The first-order chi connectivity index (χ1) is 9.70. The lowest BCUT2D eigenvalue weighted by molar-refractivity contribution is -0.116. The molecule has 1 aliphatic heterocycles. The number of rotatable bonds is 2. The SMILES string of the molecule is Cc1cc(N2C(=O)Cc3ccccc32)ccc1OC#N. The van der Waals surface area contributed by atoms with Crippen LogP contribution in [0.1, 0.15) is 11.1 Å². The van der Waals surface area contributed by atoms with E-state index >= 15 is 0 Å². The lowest BCUT2D eigenvalue weighted by atomic mass is 10.1. The average Bonchev–Trinajstić information content (AvgIpc) is 2.77. The lowest BCUT2D eigenvalue weighted by Gasteiger charge is -2.18. The minimum atomic E-state index is 0.0551. The van der Waals surface area contributed by atoms with E-state index in [1.807, 2.05) is 37.3 Å². The highest BCUT2D eigenvalue weighted by Gasteiger charge is 2.28. The third-order valence-corrected chi connectivity index (χ3v) is 3.40. The highest BCUT2D eigenvalue weighted by atomic mass is 16.5. The lowest BCUT2D eigenvalue weighted by Crippen LogP contribution is -2.20. The van der Waals surface area contributed by atoms with E-state index in [0.29, 0.717) is 12.2 Å².